The van der Waals surface area contributed by atoms with E-state index in [-0.39, 0.29) is 12.2 Å². The molecule has 19 heavy (non-hydrogen) atoms. The number of carbonyl (C=O) groups is 1. The molecule has 0 spiro atoms. The van der Waals surface area contributed by atoms with E-state index in [0.29, 0.717) is 17.9 Å². The van der Waals surface area contributed by atoms with Gasteiger partial charge in [0.05, 0.1) is 12.2 Å². The van der Waals surface area contributed by atoms with E-state index < -0.39 is 0 Å². The van der Waals surface area contributed by atoms with Crippen molar-refractivity contribution in [3.63, 3.8) is 0 Å². The standard InChI is InChI=1S/C16H30N2O/c1-5-6-14-16(19)18(12(4)10-13-7-8-13)15(17-14)9-11(2)3/h11-15,17H,5-10H2,1-4H3. The van der Waals surface area contributed by atoms with Crippen LogP contribution in [0.2, 0.25) is 0 Å². The minimum absolute atomic E-state index is 0.0652. The highest BCUT2D eigenvalue weighted by molar-refractivity contribution is 5.84. The van der Waals surface area contributed by atoms with Gasteiger partial charge in [0.15, 0.2) is 0 Å². The molecule has 3 heteroatoms. The molecule has 0 aromatic heterocycles. The number of carbonyl (C=O) groups excluding carboxylic acids is 1. The first kappa shape index (κ1) is 14.8. The Morgan fingerprint density at radius 2 is 1.95 bits per heavy atom. The molecule has 1 N–H and O–H groups in total. The number of rotatable bonds is 7. The first-order valence-corrected chi connectivity index (χ1v) is 8.11. The molecular formula is C16H30N2O. The Bertz CT molecular complexity index is 312. The van der Waals surface area contributed by atoms with Gasteiger partial charge in [-0.15, -0.1) is 0 Å². The van der Waals surface area contributed by atoms with Gasteiger partial charge in [0, 0.05) is 6.04 Å². The fourth-order valence-corrected chi connectivity index (χ4v) is 3.31. The highest BCUT2D eigenvalue weighted by Gasteiger charge is 2.41. The summed E-state index contributed by atoms with van der Waals surface area (Å²) in [6, 6.07) is 0.466. The van der Waals surface area contributed by atoms with Crippen molar-refractivity contribution in [2.75, 3.05) is 0 Å². The molecular weight excluding hydrogens is 236 g/mol. The Labute approximate surface area is 118 Å². The molecule has 0 aromatic carbocycles. The van der Waals surface area contributed by atoms with Gasteiger partial charge in [0.1, 0.15) is 0 Å². The van der Waals surface area contributed by atoms with Crippen LogP contribution in [-0.4, -0.2) is 29.1 Å². The van der Waals surface area contributed by atoms with E-state index in [1.54, 1.807) is 0 Å². The van der Waals surface area contributed by atoms with Crippen LogP contribution < -0.4 is 5.32 Å². The first-order chi connectivity index (χ1) is 9.02. The van der Waals surface area contributed by atoms with Crippen LogP contribution in [-0.2, 0) is 4.79 Å². The van der Waals surface area contributed by atoms with Crippen LogP contribution in [0.15, 0.2) is 0 Å². The molecule has 3 atom stereocenters. The molecule has 1 heterocycles. The van der Waals surface area contributed by atoms with Crippen molar-refractivity contribution in [1.29, 1.82) is 0 Å². The van der Waals surface area contributed by atoms with Gasteiger partial charge in [0.2, 0.25) is 5.91 Å². The second kappa shape index (κ2) is 6.25. The van der Waals surface area contributed by atoms with Gasteiger partial charge >= 0.3 is 0 Å². The zero-order chi connectivity index (χ0) is 14.0. The maximum absolute atomic E-state index is 12.6. The summed E-state index contributed by atoms with van der Waals surface area (Å²) in [5.74, 6) is 1.86. The lowest BCUT2D eigenvalue weighted by atomic mass is 10.1. The van der Waals surface area contributed by atoms with E-state index in [1.807, 2.05) is 0 Å². The van der Waals surface area contributed by atoms with E-state index in [0.717, 1.165) is 25.2 Å². The van der Waals surface area contributed by atoms with Crippen molar-refractivity contribution in [2.45, 2.75) is 84.5 Å². The van der Waals surface area contributed by atoms with Crippen molar-refractivity contribution in [3.8, 4) is 0 Å². The smallest absolute Gasteiger partial charge is 0.241 e. The lowest BCUT2D eigenvalue weighted by molar-refractivity contribution is -0.132. The number of hydrogen-bond acceptors (Lipinski definition) is 2. The predicted octanol–water partition coefficient (Wildman–Crippen LogP) is 3.15. The summed E-state index contributed by atoms with van der Waals surface area (Å²) in [5.41, 5.74) is 0. The van der Waals surface area contributed by atoms with Gasteiger partial charge in [0.25, 0.3) is 0 Å². The van der Waals surface area contributed by atoms with Crippen LogP contribution in [0, 0.1) is 11.8 Å². The fourth-order valence-electron chi connectivity index (χ4n) is 3.31. The van der Waals surface area contributed by atoms with Gasteiger partial charge in [-0.05, 0) is 38.0 Å². The minimum atomic E-state index is 0.0652. The van der Waals surface area contributed by atoms with E-state index in [9.17, 15) is 4.79 Å². The number of hydrogen-bond donors (Lipinski definition) is 1. The Kier molecular flexibility index (Phi) is 4.88. The predicted molar refractivity (Wildman–Crippen MR) is 78.7 cm³/mol. The summed E-state index contributed by atoms with van der Waals surface area (Å²) in [6.45, 7) is 8.87. The van der Waals surface area contributed by atoms with E-state index >= 15 is 0 Å². The fraction of sp³-hybridized carbons (Fsp3) is 0.938. The quantitative estimate of drug-likeness (QED) is 0.768. The topological polar surface area (TPSA) is 32.3 Å². The lowest BCUT2D eigenvalue weighted by Crippen LogP contribution is -2.44. The van der Waals surface area contributed by atoms with E-state index in [4.69, 9.17) is 0 Å². The Morgan fingerprint density at radius 1 is 1.26 bits per heavy atom. The average Bonchev–Trinajstić information content (AvgIpc) is 3.06. The third-order valence-electron chi connectivity index (χ3n) is 4.40. The van der Waals surface area contributed by atoms with Crippen LogP contribution >= 0.6 is 0 Å². The SMILES string of the molecule is CCCC1NC(CC(C)C)N(C(C)CC2CC2)C1=O. The highest BCUT2D eigenvalue weighted by atomic mass is 16.2. The van der Waals surface area contributed by atoms with E-state index in [2.05, 4.69) is 37.9 Å². The molecule has 1 amide bonds. The summed E-state index contributed by atoms with van der Waals surface area (Å²) in [5, 5.41) is 3.57. The molecule has 1 aliphatic carbocycles. The molecule has 0 radical (unpaired) electrons. The molecule has 3 unspecified atom stereocenters. The van der Waals surface area contributed by atoms with Gasteiger partial charge in [-0.25, -0.2) is 0 Å². The van der Waals surface area contributed by atoms with Gasteiger partial charge < -0.3 is 4.90 Å². The summed E-state index contributed by atoms with van der Waals surface area (Å²) >= 11 is 0. The number of nitrogens with zero attached hydrogens (tertiary/aromatic N) is 1. The lowest BCUT2D eigenvalue weighted by Gasteiger charge is -2.31. The molecule has 1 saturated carbocycles. The monoisotopic (exact) mass is 266 g/mol. The van der Waals surface area contributed by atoms with Crippen molar-refractivity contribution in [3.05, 3.63) is 0 Å². The van der Waals surface area contributed by atoms with Crippen molar-refractivity contribution in [1.82, 2.24) is 10.2 Å². The molecule has 110 valence electrons. The molecule has 3 nitrogen and oxygen atoms in total. The van der Waals surface area contributed by atoms with Crippen LogP contribution in [0.25, 0.3) is 0 Å². The van der Waals surface area contributed by atoms with Crippen molar-refractivity contribution < 1.29 is 4.79 Å². The van der Waals surface area contributed by atoms with Gasteiger partial charge in [-0.3, -0.25) is 10.1 Å². The molecule has 2 aliphatic rings. The molecule has 0 aromatic rings. The van der Waals surface area contributed by atoms with Crippen LogP contribution in [0.1, 0.15) is 66.2 Å². The van der Waals surface area contributed by atoms with Crippen molar-refractivity contribution >= 4 is 5.91 Å². The normalized spacial score (nSPS) is 29.3. The van der Waals surface area contributed by atoms with Gasteiger partial charge in [-0.1, -0.05) is 40.0 Å². The Morgan fingerprint density at radius 3 is 2.47 bits per heavy atom. The second-order valence-electron chi connectivity index (χ2n) is 6.93. The second-order valence-corrected chi connectivity index (χ2v) is 6.93. The van der Waals surface area contributed by atoms with Crippen LogP contribution in [0.3, 0.4) is 0 Å². The van der Waals surface area contributed by atoms with Gasteiger partial charge in [-0.2, -0.15) is 0 Å². The summed E-state index contributed by atoms with van der Waals surface area (Å²) < 4.78 is 0. The molecule has 1 saturated heterocycles. The largest absolute Gasteiger partial charge is 0.323 e. The summed E-state index contributed by atoms with van der Waals surface area (Å²) in [4.78, 5) is 14.8. The van der Waals surface area contributed by atoms with Crippen LogP contribution in [0.4, 0.5) is 0 Å². The zero-order valence-electron chi connectivity index (χ0n) is 13.0. The van der Waals surface area contributed by atoms with Crippen molar-refractivity contribution in [2.24, 2.45) is 11.8 Å². The Balaban J connectivity index is 2.02. The highest BCUT2D eigenvalue weighted by Crippen LogP contribution is 2.36. The van der Waals surface area contributed by atoms with E-state index in [1.165, 1.54) is 19.3 Å². The maximum Gasteiger partial charge on any atom is 0.241 e. The number of nitrogens with one attached hydrogen (secondary N) is 1. The minimum Gasteiger partial charge on any atom is -0.323 e. The third-order valence-corrected chi connectivity index (χ3v) is 4.40. The van der Waals surface area contributed by atoms with Crippen LogP contribution in [0.5, 0.6) is 0 Å². The maximum atomic E-state index is 12.6. The molecule has 1 aliphatic heterocycles. The average molecular weight is 266 g/mol. The summed E-state index contributed by atoms with van der Waals surface area (Å²) in [7, 11) is 0. The molecule has 2 rings (SSSR count). The number of amides is 1. The summed E-state index contributed by atoms with van der Waals surface area (Å²) in [6.07, 6.45) is 7.31. The zero-order valence-corrected chi connectivity index (χ0v) is 13.0. The molecule has 2 fully saturated rings. The third kappa shape index (κ3) is 3.71. The Hall–Kier alpha value is -0.570. The first-order valence-electron chi connectivity index (χ1n) is 8.11. The molecule has 0 bridgehead atoms.